The smallest absolute Gasteiger partial charge is 0.329 e. The highest BCUT2D eigenvalue weighted by Crippen LogP contribution is 2.64. The van der Waals surface area contributed by atoms with Gasteiger partial charge in [-0.15, -0.1) is 0 Å². The van der Waals surface area contributed by atoms with Gasteiger partial charge >= 0.3 is 11.7 Å². The highest BCUT2D eigenvalue weighted by molar-refractivity contribution is 6.31. The number of anilines is 1. The number of aromatic nitrogens is 3. The minimum absolute atomic E-state index is 0.00616. The molecule has 6 aliphatic rings. The first-order valence-electron chi connectivity index (χ1n) is 27.3. The summed E-state index contributed by atoms with van der Waals surface area (Å²) in [7, 11) is 1.68. The highest BCUT2D eigenvalue weighted by Gasteiger charge is 2.73. The summed E-state index contributed by atoms with van der Waals surface area (Å²) in [5.41, 5.74) is 1.25. The second-order valence-electron chi connectivity index (χ2n) is 23.0. The summed E-state index contributed by atoms with van der Waals surface area (Å²) in [4.78, 5) is 87.9. The third-order valence-electron chi connectivity index (χ3n) is 17.9. The molecule has 414 valence electrons. The molecule has 2 aromatic carbocycles. The van der Waals surface area contributed by atoms with Crippen LogP contribution >= 0.6 is 23.2 Å². The number of hydrogen-bond donors (Lipinski definition) is 5. The molecule has 1 unspecified atom stereocenters. The fourth-order valence-electron chi connectivity index (χ4n) is 13.7. The van der Waals surface area contributed by atoms with E-state index in [9.17, 15) is 33.9 Å². The first-order chi connectivity index (χ1) is 36.9. The number of piperidine rings is 1. The van der Waals surface area contributed by atoms with Crippen LogP contribution in [0.1, 0.15) is 113 Å². The van der Waals surface area contributed by atoms with Gasteiger partial charge in [-0.05, 0) is 129 Å². The maximum atomic E-state index is 16.4. The Morgan fingerprint density at radius 1 is 0.896 bits per heavy atom. The molecular weight excluding hydrogens is 1030 g/mol. The van der Waals surface area contributed by atoms with Gasteiger partial charge in [-0.25, -0.2) is 14.2 Å². The number of imide groups is 1. The quantitative estimate of drug-likeness (QED) is 0.0477. The maximum absolute atomic E-state index is 16.4. The Balaban J connectivity index is 0.681. The van der Waals surface area contributed by atoms with E-state index in [1.807, 2.05) is 24.3 Å². The molecule has 18 nitrogen and oxygen atoms in total. The van der Waals surface area contributed by atoms with Crippen LogP contribution in [0, 0.1) is 17.2 Å². The number of ether oxygens (including phenoxy) is 2. The number of pyridine rings is 1. The van der Waals surface area contributed by atoms with E-state index in [4.69, 9.17) is 32.7 Å². The van der Waals surface area contributed by atoms with Gasteiger partial charge in [0.25, 0.3) is 0 Å². The van der Waals surface area contributed by atoms with Gasteiger partial charge in [0.1, 0.15) is 17.5 Å². The second kappa shape index (κ2) is 22.5. The zero-order valence-corrected chi connectivity index (χ0v) is 45.5. The van der Waals surface area contributed by atoms with Gasteiger partial charge in [0.15, 0.2) is 11.0 Å². The fraction of sp³-hybridized carbons (Fsp3) is 0.589. The number of nitrogens with zero attached hydrogens (tertiary/aromatic N) is 5. The molecule has 2 saturated carbocycles. The number of carboxylic acid groups (broad SMARTS) is 1. The lowest BCUT2D eigenvalue weighted by atomic mass is 9.53. The molecule has 2 aliphatic carbocycles. The van der Waals surface area contributed by atoms with Crippen molar-refractivity contribution in [2.24, 2.45) is 18.4 Å². The number of carbonyl (C=O) groups excluding carboxylic acids is 4. The number of amides is 4. The molecule has 4 aromatic rings. The Bertz CT molecular complexity index is 2990. The standard InChI is InChI=1S/C56H70Cl2FN9O9/c1-54(2)17-19-55(20-18-54)56(38-12-9-35(57)30-39(38)62-52(56)74)45(37-16-21-60-48(58)46(37)59)47(64-55)50(71)61-36-10-6-34(7-11-36)31-67-23-22-66(32-43(67)51(72)73)24-26-77-28-27-76-25-4-5-33-8-13-40-42(29-33)65(3)53(75)68(40)41-14-15-44(69)63-49(41)70/h8-9,12-13,16,21,29-30,34,36,41,43,45,47,64H,4-7,10-11,14-15,17-20,22-28,31-32H2,1-3H3,(H,61,71)(H,62,74)(H,72,73)(H,63,69,70)/t34?,36?,41?,43-,45-,47+,56+/m0/s1. The molecule has 5 atom stereocenters. The van der Waals surface area contributed by atoms with Crippen molar-refractivity contribution in [3.05, 3.63) is 91.8 Å². The molecule has 0 bridgehead atoms. The van der Waals surface area contributed by atoms with Crippen molar-refractivity contribution in [2.45, 2.75) is 132 Å². The van der Waals surface area contributed by atoms with E-state index < -0.39 is 52.7 Å². The molecule has 4 amide bonds. The number of fused-ring (bicyclic) bond motifs is 4. The van der Waals surface area contributed by atoms with E-state index in [0.29, 0.717) is 107 Å². The van der Waals surface area contributed by atoms with E-state index in [1.165, 1.54) is 15.3 Å². The van der Waals surface area contributed by atoms with Crippen LogP contribution in [0.15, 0.2) is 53.5 Å². The number of aliphatic carboxylic acids is 1. The number of halogens is 3. The van der Waals surface area contributed by atoms with Crippen LogP contribution in [0.5, 0.6) is 0 Å². The number of aryl methyl sites for hydroxylation is 2. The average Bonchev–Trinajstić information content (AvgIpc) is 3.79. The Morgan fingerprint density at radius 3 is 2.39 bits per heavy atom. The van der Waals surface area contributed by atoms with Gasteiger partial charge in [0.2, 0.25) is 23.6 Å². The first kappa shape index (κ1) is 55.1. The number of carbonyl (C=O) groups is 5. The highest BCUT2D eigenvalue weighted by atomic mass is 35.5. The lowest BCUT2D eigenvalue weighted by Crippen LogP contribution is -2.61. The van der Waals surface area contributed by atoms with Crippen LogP contribution < -0.4 is 27.0 Å². The molecule has 6 heterocycles. The SMILES string of the molecule is Cn1c(=O)n(C2CCC(=O)NC2=O)c2ccc(CCCOCCOCCN3CCN(CC4CCC(NC(=O)[C@@H]5NC6(CCC(C)(C)CC6)[C@@]6(C(=O)Nc7cc(Cl)ccc76)[C@H]5c5ccnc(Cl)c5F)CC4)[C@H](C(=O)O)C3)cc21. The van der Waals surface area contributed by atoms with Crippen molar-refractivity contribution >= 4 is 69.5 Å². The summed E-state index contributed by atoms with van der Waals surface area (Å²) >= 11 is 12.8. The minimum Gasteiger partial charge on any atom is -0.480 e. The molecule has 2 spiro atoms. The number of benzene rings is 2. The predicted molar refractivity (Wildman–Crippen MR) is 287 cm³/mol. The van der Waals surface area contributed by atoms with Crippen LogP contribution in [0.2, 0.25) is 10.2 Å². The van der Waals surface area contributed by atoms with Crippen LogP contribution in [0.4, 0.5) is 10.1 Å². The van der Waals surface area contributed by atoms with Crippen molar-refractivity contribution in [1.29, 1.82) is 0 Å². The van der Waals surface area contributed by atoms with Crippen molar-refractivity contribution in [3.8, 4) is 0 Å². The molecule has 77 heavy (non-hydrogen) atoms. The van der Waals surface area contributed by atoms with Crippen molar-refractivity contribution < 1.29 is 42.9 Å². The number of imidazole rings is 1. The predicted octanol–water partition coefficient (Wildman–Crippen LogP) is 5.85. The lowest BCUT2D eigenvalue weighted by molar-refractivity contribution is -0.146. The zero-order chi connectivity index (χ0) is 54.4. The van der Waals surface area contributed by atoms with Crippen LogP contribution in [0.3, 0.4) is 0 Å². The van der Waals surface area contributed by atoms with Gasteiger partial charge in [-0.2, -0.15) is 0 Å². The normalized spacial score (nSPS) is 27.3. The second-order valence-corrected chi connectivity index (χ2v) is 23.8. The Morgan fingerprint density at radius 2 is 1.65 bits per heavy atom. The molecule has 10 rings (SSSR count). The molecule has 4 aliphatic heterocycles. The molecule has 2 aromatic heterocycles. The largest absolute Gasteiger partial charge is 0.480 e. The topological polar surface area (TPSA) is 218 Å². The number of carboxylic acids is 1. The number of rotatable bonds is 17. The summed E-state index contributed by atoms with van der Waals surface area (Å²) in [5.74, 6) is -3.73. The molecule has 21 heteroatoms. The van der Waals surface area contributed by atoms with Gasteiger partial charge in [-0.1, -0.05) is 49.2 Å². The molecular formula is C56H70Cl2FN9O9. The van der Waals surface area contributed by atoms with Crippen molar-refractivity contribution in [3.63, 3.8) is 0 Å². The van der Waals surface area contributed by atoms with Crippen LogP contribution in [-0.2, 0) is 52.3 Å². The number of hydrogen-bond acceptors (Lipinski definition) is 12. The average molecular weight is 1100 g/mol. The van der Waals surface area contributed by atoms with Crippen molar-refractivity contribution in [2.75, 3.05) is 64.5 Å². The number of piperazine rings is 1. The summed E-state index contributed by atoms with van der Waals surface area (Å²) in [6.07, 6.45) is 9.11. The third-order valence-corrected chi connectivity index (χ3v) is 18.3. The molecule has 5 N–H and O–H groups in total. The first-order valence-corrected chi connectivity index (χ1v) is 28.0. The zero-order valence-electron chi connectivity index (χ0n) is 44.0. The van der Waals surface area contributed by atoms with Crippen molar-refractivity contribution in [1.82, 2.24) is 39.9 Å². The summed E-state index contributed by atoms with van der Waals surface area (Å²) < 4.78 is 31.2. The third kappa shape index (κ3) is 10.7. The Labute approximate surface area is 457 Å². The van der Waals surface area contributed by atoms with Gasteiger partial charge in [0, 0.05) is 87.2 Å². The van der Waals surface area contributed by atoms with Crippen LogP contribution in [-0.4, -0.2) is 141 Å². The molecule has 3 saturated heterocycles. The van der Waals surface area contributed by atoms with E-state index >= 15 is 4.39 Å². The van der Waals surface area contributed by atoms with Gasteiger partial charge < -0.3 is 25.2 Å². The maximum Gasteiger partial charge on any atom is 0.329 e. The monoisotopic (exact) mass is 1100 g/mol. The Kier molecular flexibility index (Phi) is 16.1. The minimum atomic E-state index is -1.37. The number of nitrogens with one attached hydrogen (secondary N) is 4. The fourth-order valence-corrected chi connectivity index (χ4v) is 14.0. The summed E-state index contributed by atoms with van der Waals surface area (Å²) in [5, 5.41) is 23.0. The van der Waals surface area contributed by atoms with Gasteiger partial charge in [-0.3, -0.25) is 53.5 Å². The van der Waals surface area contributed by atoms with Crippen LogP contribution in [0.25, 0.3) is 11.0 Å². The molecule has 0 radical (unpaired) electrons. The van der Waals surface area contributed by atoms with E-state index in [-0.39, 0.29) is 64.3 Å². The van der Waals surface area contributed by atoms with E-state index in [1.54, 1.807) is 25.2 Å². The van der Waals surface area contributed by atoms with Gasteiger partial charge in [0.05, 0.1) is 36.9 Å². The summed E-state index contributed by atoms with van der Waals surface area (Å²) in [6, 6.07) is 10.1. The Hall–Kier alpha value is -5.28. The van der Waals surface area contributed by atoms with E-state index in [2.05, 4.69) is 49.9 Å². The van der Waals surface area contributed by atoms with E-state index in [0.717, 1.165) is 49.6 Å². The molecule has 5 fully saturated rings. The lowest BCUT2D eigenvalue weighted by Gasteiger charge is -2.50. The summed E-state index contributed by atoms with van der Waals surface area (Å²) in [6.45, 7) is 9.16.